The molecular weight excluding hydrogens is 506 g/mol. The maximum atomic E-state index is 14.7. The monoisotopic (exact) mass is 541 g/mol. The highest BCUT2D eigenvalue weighted by molar-refractivity contribution is 5.94. The maximum absolute atomic E-state index is 14.7. The lowest BCUT2D eigenvalue weighted by molar-refractivity contribution is -0.140. The summed E-state index contributed by atoms with van der Waals surface area (Å²) in [7, 11) is 1.87. The van der Waals surface area contributed by atoms with Gasteiger partial charge in [0, 0.05) is 35.5 Å². The van der Waals surface area contributed by atoms with E-state index in [2.05, 4.69) is 36.0 Å². The SMILES string of the molecule is C=C(N)c1ccc(NCC#Cc2cc3c(NC4CCN(C)CC4F)cccc3n2CC(F)(F)F)c(CCC)c1. The Kier molecular flexibility index (Phi) is 8.76. The molecule has 0 amide bonds. The molecule has 1 aliphatic rings. The number of benzene rings is 2. The summed E-state index contributed by atoms with van der Waals surface area (Å²) in [5, 5.41) is 7.11. The third kappa shape index (κ3) is 7.07. The van der Waals surface area contributed by atoms with Crippen LogP contribution in [0.25, 0.3) is 16.6 Å². The molecule has 39 heavy (non-hydrogen) atoms. The molecule has 0 bridgehead atoms. The summed E-state index contributed by atoms with van der Waals surface area (Å²) < 4.78 is 56.5. The zero-order chi connectivity index (χ0) is 28.2. The van der Waals surface area contributed by atoms with Gasteiger partial charge in [0.15, 0.2) is 0 Å². The van der Waals surface area contributed by atoms with E-state index in [4.69, 9.17) is 5.73 Å². The number of alkyl halides is 4. The third-order valence-corrected chi connectivity index (χ3v) is 6.95. The van der Waals surface area contributed by atoms with Crippen molar-refractivity contribution in [3.63, 3.8) is 0 Å². The predicted octanol–water partition coefficient (Wildman–Crippen LogP) is 6.00. The van der Waals surface area contributed by atoms with Crippen molar-refractivity contribution < 1.29 is 17.6 Å². The average Bonchev–Trinajstić information content (AvgIpc) is 3.21. The number of aryl methyl sites for hydroxylation is 1. The minimum Gasteiger partial charge on any atom is -0.399 e. The number of aromatic nitrogens is 1. The highest BCUT2D eigenvalue weighted by atomic mass is 19.4. The average molecular weight is 542 g/mol. The van der Waals surface area contributed by atoms with Gasteiger partial charge in [0.05, 0.1) is 23.8 Å². The molecule has 208 valence electrons. The van der Waals surface area contributed by atoms with Crippen molar-refractivity contribution in [2.24, 2.45) is 5.73 Å². The minimum atomic E-state index is -4.42. The summed E-state index contributed by atoms with van der Waals surface area (Å²) in [4.78, 5) is 1.93. The van der Waals surface area contributed by atoms with Crippen molar-refractivity contribution in [1.82, 2.24) is 9.47 Å². The topological polar surface area (TPSA) is 58.2 Å². The second-order valence-electron chi connectivity index (χ2n) is 10.1. The molecule has 4 rings (SSSR count). The summed E-state index contributed by atoms with van der Waals surface area (Å²) in [6.07, 6.45) is -3.11. The van der Waals surface area contributed by atoms with Crippen LogP contribution in [0.1, 0.15) is 36.6 Å². The second kappa shape index (κ2) is 12.0. The molecule has 0 spiro atoms. The third-order valence-electron chi connectivity index (χ3n) is 6.95. The number of nitrogens with two attached hydrogens (primary N) is 1. The smallest absolute Gasteiger partial charge is 0.399 e. The van der Waals surface area contributed by atoms with Gasteiger partial charge in [-0.15, -0.1) is 0 Å². The highest BCUT2D eigenvalue weighted by Gasteiger charge is 2.31. The fourth-order valence-corrected chi connectivity index (χ4v) is 5.00. The lowest BCUT2D eigenvalue weighted by Crippen LogP contribution is -2.46. The van der Waals surface area contributed by atoms with Crippen LogP contribution >= 0.6 is 0 Å². The van der Waals surface area contributed by atoms with Gasteiger partial charge in [0.25, 0.3) is 0 Å². The Labute approximate surface area is 227 Å². The van der Waals surface area contributed by atoms with Crippen molar-refractivity contribution in [3.8, 4) is 11.8 Å². The van der Waals surface area contributed by atoms with Gasteiger partial charge < -0.3 is 25.8 Å². The van der Waals surface area contributed by atoms with E-state index < -0.39 is 24.9 Å². The number of nitrogens with zero attached hydrogens (tertiary/aromatic N) is 2. The van der Waals surface area contributed by atoms with Crippen LogP contribution in [0.3, 0.4) is 0 Å². The number of nitrogens with one attached hydrogen (secondary N) is 2. The first-order valence-electron chi connectivity index (χ1n) is 13.1. The van der Waals surface area contributed by atoms with Crippen LogP contribution in [0, 0.1) is 11.8 Å². The van der Waals surface area contributed by atoms with Gasteiger partial charge in [-0.3, -0.25) is 0 Å². The van der Waals surface area contributed by atoms with Gasteiger partial charge in [-0.1, -0.05) is 38.0 Å². The van der Waals surface area contributed by atoms with Crippen molar-refractivity contribution in [3.05, 3.63) is 65.9 Å². The summed E-state index contributed by atoms with van der Waals surface area (Å²) in [6.45, 7) is 6.02. The fourth-order valence-electron chi connectivity index (χ4n) is 5.00. The quantitative estimate of drug-likeness (QED) is 0.242. The van der Waals surface area contributed by atoms with Crippen molar-refractivity contribution in [1.29, 1.82) is 0 Å². The molecular formula is C30H35F4N5. The molecule has 5 nitrogen and oxygen atoms in total. The molecule has 0 saturated carbocycles. The molecule has 1 aliphatic heterocycles. The van der Waals surface area contributed by atoms with Gasteiger partial charge in [-0.2, -0.15) is 13.2 Å². The zero-order valence-corrected chi connectivity index (χ0v) is 22.3. The minimum absolute atomic E-state index is 0.247. The molecule has 1 fully saturated rings. The number of fused-ring (bicyclic) bond motifs is 1. The number of hydrogen-bond donors (Lipinski definition) is 3. The van der Waals surface area contributed by atoms with Crippen LogP contribution < -0.4 is 16.4 Å². The molecule has 1 aromatic heterocycles. The van der Waals surface area contributed by atoms with Crippen LogP contribution in [0.15, 0.2) is 49.0 Å². The van der Waals surface area contributed by atoms with Gasteiger partial charge in [-0.25, -0.2) is 4.39 Å². The lowest BCUT2D eigenvalue weighted by Gasteiger charge is -2.33. The standard InChI is InChI=1S/C30H35F4N5/c1-4-7-22-16-21(20(2)35)11-12-26(22)36-14-6-8-23-17-24-27(37-28-13-15-38(3)18-25(28)31)9-5-10-29(24)39(23)19-30(32,33)34/h5,9-12,16-17,25,28,36-37H,2,4,7,13-15,18-19,35H2,1,3H3. The van der Waals surface area contributed by atoms with Crippen LogP contribution in [0.4, 0.5) is 28.9 Å². The van der Waals surface area contributed by atoms with Crippen LogP contribution in [-0.4, -0.2) is 54.5 Å². The molecule has 9 heteroatoms. The number of rotatable bonds is 8. The summed E-state index contributed by atoms with van der Waals surface area (Å²) in [5.41, 5.74) is 10.4. The van der Waals surface area contributed by atoms with E-state index in [1.54, 1.807) is 24.3 Å². The second-order valence-corrected chi connectivity index (χ2v) is 10.1. The Morgan fingerprint density at radius 3 is 2.67 bits per heavy atom. The first kappa shape index (κ1) is 28.4. The molecule has 3 aromatic rings. The molecule has 2 unspecified atom stereocenters. The van der Waals surface area contributed by atoms with Crippen molar-refractivity contribution in [2.45, 2.75) is 51.1 Å². The first-order valence-corrected chi connectivity index (χ1v) is 13.1. The largest absolute Gasteiger partial charge is 0.406 e. The van der Waals surface area contributed by atoms with Crippen LogP contribution in [0.5, 0.6) is 0 Å². The highest BCUT2D eigenvalue weighted by Crippen LogP contribution is 2.31. The summed E-state index contributed by atoms with van der Waals surface area (Å²) in [5.74, 6) is 5.91. The van der Waals surface area contributed by atoms with Gasteiger partial charge in [-0.05, 0) is 67.3 Å². The molecule has 0 radical (unpaired) electrons. The Hall–Kier alpha value is -3.64. The van der Waals surface area contributed by atoms with E-state index in [-0.39, 0.29) is 12.2 Å². The number of piperidine rings is 1. The van der Waals surface area contributed by atoms with Gasteiger partial charge >= 0.3 is 6.18 Å². The molecule has 2 heterocycles. The summed E-state index contributed by atoms with van der Waals surface area (Å²) >= 11 is 0. The Morgan fingerprint density at radius 1 is 1.18 bits per heavy atom. The van der Waals surface area contributed by atoms with Gasteiger partial charge in [0.1, 0.15) is 12.7 Å². The van der Waals surface area contributed by atoms with E-state index in [1.807, 2.05) is 30.1 Å². The molecule has 0 aliphatic carbocycles. The Morgan fingerprint density at radius 2 is 1.97 bits per heavy atom. The van der Waals surface area contributed by atoms with Crippen LogP contribution in [0.2, 0.25) is 0 Å². The van der Waals surface area contributed by atoms with E-state index in [0.29, 0.717) is 35.3 Å². The number of hydrogen-bond acceptors (Lipinski definition) is 4. The molecule has 1 saturated heterocycles. The summed E-state index contributed by atoms with van der Waals surface area (Å²) in [6, 6.07) is 12.1. The zero-order valence-electron chi connectivity index (χ0n) is 22.3. The predicted molar refractivity (Wildman–Crippen MR) is 151 cm³/mol. The van der Waals surface area contributed by atoms with E-state index in [0.717, 1.165) is 36.2 Å². The van der Waals surface area contributed by atoms with E-state index in [9.17, 15) is 17.6 Å². The normalized spacial score (nSPS) is 18.0. The molecule has 4 N–H and O–H groups in total. The Bertz CT molecular complexity index is 1380. The van der Waals surface area contributed by atoms with E-state index in [1.165, 1.54) is 4.57 Å². The number of halogens is 4. The van der Waals surface area contributed by atoms with Gasteiger partial charge in [0.2, 0.25) is 0 Å². The van der Waals surface area contributed by atoms with Crippen molar-refractivity contribution >= 4 is 28.0 Å². The van der Waals surface area contributed by atoms with E-state index >= 15 is 0 Å². The molecule has 2 atom stereocenters. The number of anilines is 2. The number of likely N-dealkylation sites (tertiary alicyclic amines) is 1. The maximum Gasteiger partial charge on any atom is 0.406 e. The first-order chi connectivity index (χ1) is 18.6. The molecule has 2 aromatic carbocycles. The van der Waals surface area contributed by atoms with Crippen LogP contribution in [-0.2, 0) is 13.0 Å². The lowest BCUT2D eigenvalue weighted by atomic mass is 10.0. The fraction of sp³-hybridized carbons (Fsp3) is 0.400. The van der Waals surface area contributed by atoms with Crippen molar-refractivity contribution in [2.75, 3.05) is 37.3 Å². The Balaban J connectivity index is 1.60.